The van der Waals surface area contributed by atoms with Gasteiger partial charge in [0.2, 0.25) is 0 Å². The second-order valence-corrected chi connectivity index (χ2v) is 5.42. The van der Waals surface area contributed by atoms with Crippen LogP contribution in [-0.4, -0.2) is 40.6 Å². The van der Waals surface area contributed by atoms with E-state index in [2.05, 4.69) is 4.98 Å². The molecule has 2 N–H and O–H groups in total. The number of hydrogen-bond acceptors (Lipinski definition) is 2. The predicted molar refractivity (Wildman–Crippen MR) is 74.0 cm³/mol. The van der Waals surface area contributed by atoms with Gasteiger partial charge in [-0.15, -0.1) is 0 Å². The van der Waals surface area contributed by atoms with Gasteiger partial charge in [0.05, 0.1) is 17.2 Å². The summed E-state index contributed by atoms with van der Waals surface area (Å²) in [5.41, 5.74) is 1.61. The summed E-state index contributed by atoms with van der Waals surface area (Å²) in [4.78, 5) is 17.3. The van der Waals surface area contributed by atoms with Crippen LogP contribution in [0.2, 0.25) is 0 Å². The average Bonchev–Trinajstić information content (AvgIpc) is 2.83. The van der Waals surface area contributed by atoms with Crippen molar-refractivity contribution in [2.45, 2.75) is 18.9 Å². The highest BCUT2D eigenvalue weighted by molar-refractivity contribution is 6.05. The molecule has 1 amide bonds. The first kappa shape index (κ1) is 12.2. The third kappa shape index (κ3) is 2.24. The molecule has 1 aliphatic carbocycles. The number of rotatable bonds is 3. The van der Waals surface area contributed by atoms with Crippen molar-refractivity contribution >= 4 is 16.8 Å². The number of carbonyl (C=O) groups is 1. The average molecular weight is 258 g/mol. The summed E-state index contributed by atoms with van der Waals surface area (Å²) >= 11 is 0. The lowest BCUT2D eigenvalue weighted by molar-refractivity contribution is 0.0266. The Balaban J connectivity index is 1.77. The third-order valence-corrected chi connectivity index (χ3v) is 3.91. The molecule has 1 aromatic carbocycles. The van der Waals surface area contributed by atoms with Crippen molar-refractivity contribution in [2.75, 3.05) is 13.6 Å². The predicted octanol–water partition coefficient (Wildman–Crippen LogP) is 2.01. The summed E-state index contributed by atoms with van der Waals surface area (Å²) in [5.74, 6) is 0.473. The van der Waals surface area contributed by atoms with E-state index in [1.807, 2.05) is 37.5 Å². The van der Waals surface area contributed by atoms with Gasteiger partial charge in [0, 0.05) is 25.2 Å². The number of para-hydroxylation sites is 1. The van der Waals surface area contributed by atoms with E-state index in [-0.39, 0.29) is 12.0 Å². The quantitative estimate of drug-likeness (QED) is 0.884. The molecule has 100 valence electrons. The second-order valence-electron chi connectivity index (χ2n) is 5.42. The van der Waals surface area contributed by atoms with Gasteiger partial charge in [-0.3, -0.25) is 4.79 Å². The fourth-order valence-electron chi connectivity index (χ4n) is 2.79. The summed E-state index contributed by atoms with van der Waals surface area (Å²) in [6.07, 6.45) is 3.30. The molecular weight excluding hydrogens is 240 g/mol. The number of H-pyrrole nitrogens is 1. The summed E-state index contributed by atoms with van der Waals surface area (Å²) in [7, 11) is 1.83. The standard InChI is InChI=1S/C15H18N2O2/c1-17(9-10-7-12(18)8-10)15(19)13-4-2-3-11-5-6-16-14(11)13/h2-6,10,12,16,18H,7-9H2,1H3. The van der Waals surface area contributed by atoms with E-state index >= 15 is 0 Å². The van der Waals surface area contributed by atoms with E-state index in [0.717, 1.165) is 23.7 Å². The smallest absolute Gasteiger partial charge is 0.255 e. The molecule has 4 heteroatoms. The highest BCUT2D eigenvalue weighted by Crippen LogP contribution is 2.28. The molecule has 0 saturated heterocycles. The Morgan fingerprint density at radius 1 is 1.42 bits per heavy atom. The van der Waals surface area contributed by atoms with Crippen LogP contribution < -0.4 is 0 Å². The van der Waals surface area contributed by atoms with Gasteiger partial charge in [-0.2, -0.15) is 0 Å². The van der Waals surface area contributed by atoms with Crippen molar-refractivity contribution in [3.05, 3.63) is 36.0 Å². The van der Waals surface area contributed by atoms with Crippen LogP contribution in [0.5, 0.6) is 0 Å². The molecule has 1 aliphatic rings. The Bertz CT molecular complexity index is 599. The molecule has 1 saturated carbocycles. The zero-order valence-electron chi connectivity index (χ0n) is 11.0. The molecule has 0 unspecified atom stereocenters. The van der Waals surface area contributed by atoms with Gasteiger partial charge in [-0.05, 0) is 30.9 Å². The Labute approximate surface area is 112 Å². The van der Waals surface area contributed by atoms with Gasteiger partial charge >= 0.3 is 0 Å². The number of fused-ring (bicyclic) bond motifs is 1. The number of aliphatic hydroxyl groups is 1. The maximum Gasteiger partial charge on any atom is 0.255 e. The number of aliphatic hydroxyl groups excluding tert-OH is 1. The Hall–Kier alpha value is -1.81. The molecule has 0 bridgehead atoms. The van der Waals surface area contributed by atoms with Crippen molar-refractivity contribution in [3.63, 3.8) is 0 Å². The van der Waals surface area contributed by atoms with E-state index in [9.17, 15) is 9.90 Å². The van der Waals surface area contributed by atoms with E-state index in [0.29, 0.717) is 18.0 Å². The highest BCUT2D eigenvalue weighted by atomic mass is 16.3. The zero-order chi connectivity index (χ0) is 13.4. The summed E-state index contributed by atoms with van der Waals surface area (Å²) in [6, 6.07) is 7.72. The molecule has 0 radical (unpaired) electrons. The van der Waals surface area contributed by atoms with Crippen LogP contribution in [0, 0.1) is 5.92 Å². The summed E-state index contributed by atoms with van der Waals surface area (Å²) in [6.45, 7) is 0.715. The van der Waals surface area contributed by atoms with Gasteiger partial charge in [0.1, 0.15) is 0 Å². The fraction of sp³-hybridized carbons (Fsp3) is 0.400. The largest absolute Gasteiger partial charge is 0.393 e. The maximum atomic E-state index is 12.5. The van der Waals surface area contributed by atoms with Crippen LogP contribution >= 0.6 is 0 Å². The van der Waals surface area contributed by atoms with Crippen LogP contribution in [0.15, 0.2) is 30.5 Å². The summed E-state index contributed by atoms with van der Waals surface area (Å²) in [5, 5.41) is 10.3. The maximum absolute atomic E-state index is 12.5. The Kier molecular flexibility index (Phi) is 3.03. The number of carbonyl (C=O) groups excluding carboxylic acids is 1. The van der Waals surface area contributed by atoms with Gasteiger partial charge < -0.3 is 15.0 Å². The van der Waals surface area contributed by atoms with E-state index < -0.39 is 0 Å². The number of aromatic nitrogens is 1. The van der Waals surface area contributed by atoms with Crippen LogP contribution in [0.3, 0.4) is 0 Å². The molecule has 3 rings (SSSR count). The summed E-state index contributed by atoms with van der Waals surface area (Å²) < 4.78 is 0. The number of benzene rings is 1. The lowest BCUT2D eigenvalue weighted by Gasteiger charge is -2.34. The highest BCUT2D eigenvalue weighted by Gasteiger charge is 2.29. The van der Waals surface area contributed by atoms with Crippen molar-refractivity contribution in [3.8, 4) is 0 Å². The molecular formula is C15H18N2O2. The molecule has 1 aromatic heterocycles. The molecule has 2 aromatic rings. The lowest BCUT2D eigenvalue weighted by atomic mass is 9.82. The molecule has 0 aliphatic heterocycles. The minimum Gasteiger partial charge on any atom is -0.393 e. The van der Waals surface area contributed by atoms with Crippen molar-refractivity contribution in [1.29, 1.82) is 0 Å². The van der Waals surface area contributed by atoms with Crippen molar-refractivity contribution in [2.24, 2.45) is 5.92 Å². The van der Waals surface area contributed by atoms with E-state index in [4.69, 9.17) is 0 Å². The molecule has 0 spiro atoms. The number of hydrogen-bond donors (Lipinski definition) is 2. The minimum atomic E-state index is -0.166. The molecule has 4 nitrogen and oxygen atoms in total. The molecule has 1 heterocycles. The fourth-order valence-corrected chi connectivity index (χ4v) is 2.79. The number of nitrogens with one attached hydrogen (secondary N) is 1. The molecule has 19 heavy (non-hydrogen) atoms. The molecule has 0 atom stereocenters. The van der Waals surface area contributed by atoms with Crippen LogP contribution in [0.25, 0.3) is 10.9 Å². The van der Waals surface area contributed by atoms with Crippen molar-refractivity contribution in [1.82, 2.24) is 9.88 Å². The lowest BCUT2D eigenvalue weighted by Crippen LogP contribution is -2.39. The Morgan fingerprint density at radius 3 is 2.95 bits per heavy atom. The van der Waals surface area contributed by atoms with Gasteiger partial charge in [0.15, 0.2) is 0 Å². The van der Waals surface area contributed by atoms with Gasteiger partial charge in [-0.1, -0.05) is 12.1 Å². The first-order valence-electron chi connectivity index (χ1n) is 6.65. The zero-order valence-corrected chi connectivity index (χ0v) is 11.0. The van der Waals surface area contributed by atoms with Gasteiger partial charge in [0.25, 0.3) is 5.91 Å². The molecule has 1 fully saturated rings. The number of nitrogens with zero attached hydrogens (tertiary/aromatic N) is 1. The van der Waals surface area contributed by atoms with Crippen molar-refractivity contribution < 1.29 is 9.90 Å². The number of aromatic amines is 1. The second kappa shape index (κ2) is 4.70. The topological polar surface area (TPSA) is 56.3 Å². The normalized spacial score (nSPS) is 22.2. The van der Waals surface area contributed by atoms with Crippen LogP contribution in [0.4, 0.5) is 0 Å². The van der Waals surface area contributed by atoms with E-state index in [1.54, 1.807) is 4.90 Å². The first-order valence-corrected chi connectivity index (χ1v) is 6.65. The minimum absolute atomic E-state index is 0.0365. The van der Waals surface area contributed by atoms with Crippen LogP contribution in [-0.2, 0) is 0 Å². The third-order valence-electron chi connectivity index (χ3n) is 3.91. The van der Waals surface area contributed by atoms with Gasteiger partial charge in [-0.25, -0.2) is 0 Å². The first-order chi connectivity index (χ1) is 9.15. The number of amides is 1. The SMILES string of the molecule is CN(CC1CC(O)C1)C(=O)c1cccc2cc[nH]c12. The Morgan fingerprint density at radius 2 is 2.21 bits per heavy atom. The monoisotopic (exact) mass is 258 g/mol. The van der Waals surface area contributed by atoms with Crippen LogP contribution in [0.1, 0.15) is 23.2 Å². The van der Waals surface area contributed by atoms with E-state index in [1.165, 1.54) is 0 Å².